The lowest BCUT2D eigenvalue weighted by atomic mass is 9.82. The van der Waals surface area contributed by atoms with Gasteiger partial charge < -0.3 is 15.6 Å². The van der Waals surface area contributed by atoms with Gasteiger partial charge in [0.15, 0.2) is 11.5 Å². The van der Waals surface area contributed by atoms with Crippen LogP contribution in [0.25, 0.3) is 22.4 Å². The van der Waals surface area contributed by atoms with Gasteiger partial charge in [0, 0.05) is 11.3 Å². The molecular formula is C18H23BN6O. The van der Waals surface area contributed by atoms with Crippen molar-refractivity contribution in [1.29, 1.82) is 0 Å². The zero-order chi connectivity index (χ0) is 18.3. The number of anilines is 1. The third-order valence-corrected chi connectivity index (χ3v) is 5.19. The van der Waals surface area contributed by atoms with Crippen molar-refractivity contribution in [2.45, 2.75) is 32.6 Å². The maximum Gasteiger partial charge on any atom is 0.376 e. The summed E-state index contributed by atoms with van der Waals surface area (Å²) in [6, 6.07) is 7.90. The van der Waals surface area contributed by atoms with Gasteiger partial charge in [-0.1, -0.05) is 0 Å². The topological polar surface area (TPSA) is 93.1 Å². The molecule has 8 heteroatoms. The standard InChI is InChI=1S/C18H23BN6O/c1-12-16-11-21-25(15-7-9-24(10-8-15)19(2)26)18(16)23-17(22-12)13-3-5-14(20)6-4-13/h3-6,11,15,26H,7-10,20H2,1-2H3. The Hall–Kier alpha value is -2.45. The number of aromatic nitrogens is 4. The molecule has 3 aromatic rings. The predicted octanol–water partition coefficient (Wildman–Crippen LogP) is 2.13. The summed E-state index contributed by atoms with van der Waals surface area (Å²) in [6.45, 7) is 5.53. The van der Waals surface area contributed by atoms with Crippen molar-refractivity contribution in [3.63, 3.8) is 0 Å². The number of rotatable bonds is 3. The van der Waals surface area contributed by atoms with Crippen molar-refractivity contribution in [1.82, 2.24) is 24.6 Å². The van der Waals surface area contributed by atoms with Gasteiger partial charge in [-0.2, -0.15) is 5.10 Å². The number of hydrogen-bond acceptors (Lipinski definition) is 6. The number of nitrogens with two attached hydrogens (primary N) is 1. The van der Waals surface area contributed by atoms with E-state index in [0.717, 1.165) is 53.9 Å². The van der Waals surface area contributed by atoms with Gasteiger partial charge in [0.2, 0.25) is 0 Å². The van der Waals surface area contributed by atoms with Gasteiger partial charge in [-0.15, -0.1) is 0 Å². The first kappa shape index (κ1) is 17.0. The Labute approximate surface area is 153 Å². The molecule has 0 bridgehead atoms. The molecule has 26 heavy (non-hydrogen) atoms. The second-order valence-electron chi connectivity index (χ2n) is 6.98. The second-order valence-corrected chi connectivity index (χ2v) is 6.98. The van der Waals surface area contributed by atoms with Gasteiger partial charge in [-0.25, -0.2) is 14.6 Å². The van der Waals surface area contributed by atoms with Crippen LogP contribution in [0.2, 0.25) is 6.82 Å². The van der Waals surface area contributed by atoms with Crippen molar-refractivity contribution < 1.29 is 5.02 Å². The number of piperidine rings is 1. The maximum atomic E-state index is 9.76. The molecule has 0 radical (unpaired) electrons. The molecule has 0 amide bonds. The molecule has 1 fully saturated rings. The van der Waals surface area contributed by atoms with Crippen LogP contribution in [-0.4, -0.2) is 49.7 Å². The first-order chi connectivity index (χ1) is 12.5. The SMILES string of the molecule is CB(O)N1CCC(n2ncc3c(C)nc(-c4ccc(N)cc4)nc32)CC1. The van der Waals surface area contributed by atoms with Gasteiger partial charge in [0.1, 0.15) is 0 Å². The normalized spacial score (nSPS) is 16.3. The predicted molar refractivity (Wildman–Crippen MR) is 104 cm³/mol. The monoisotopic (exact) mass is 350 g/mol. The van der Waals surface area contributed by atoms with E-state index in [1.807, 2.05) is 48.9 Å². The van der Waals surface area contributed by atoms with E-state index < -0.39 is 7.05 Å². The van der Waals surface area contributed by atoms with Crippen LogP contribution in [0.4, 0.5) is 5.69 Å². The van der Waals surface area contributed by atoms with E-state index in [0.29, 0.717) is 5.82 Å². The molecule has 1 saturated heterocycles. The van der Waals surface area contributed by atoms with Crippen molar-refractivity contribution in [3.05, 3.63) is 36.2 Å². The number of hydrogen-bond donors (Lipinski definition) is 2. The highest BCUT2D eigenvalue weighted by Gasteiger charge is 2.26. The number of nitrogen functional groups attached to an aromatic ring is 1. The van der Waals surface area contributed by atoms with Crippen molar-refractivity contribution in [2.24, 2.45) is 0 Å². The van der Waals surface area contributed by atoms with E-state index in [1.54, 1.807) is 0 Å². The van der Waals surface area contributed by atoms with E-state index in [9.17, 15) is 5.02 Å². The Balaban J connectivity index is 1.70. The maximum absolute atomic E-state index is 9.76. The molecule has 134 valence electrons. The molecule has 0 atom stereocenters. The second kappa shape index (κ2) is 6.70. The molecule has 3 heterocycles. The summed E-state index contributed by atoms with van der Waals surface area (Å²) in [5, 5.41) is 15.4. The average molecular weight is 350 g/mol. The summed E-state index contributed by atoms with van der Waals surface area (Å²) in [5.74, 6) is 0.693. The highest BCUT2D eigenvalue weighted by Crippen LogP contribution is 2.28. The molecule has 1 aliphatic rings. The van der Waals surface area contributed by atoms with Crippen LogP contribution in [-0.2, 0) is 0 Å². The van der Waals surface area contributed by atoms with Crippen LogP contribution in [0.15, 0.2) is 30.5 Å². The van der Waals surface area contributed by atoms with Crippen LogP contribution in [0, 0.1) is 6.92 Å². The van der Waals surface area contributed by atoms with E-state index >= 15 is 0 Å². The molecular weight excluding hydrogens is 327 g/mol. The fraction of sp³-hybridized carbons (Fsp3) is 0.389. The highest BCUT2D eigenvalue weighted by molar-refractivity contribution is 6.45. The van der Waals surface area contributed by atoms with Gasteiger partial charge in [0.05, 0.1) is 23.3 Å². The fourth-order valence-corrected chi connectivity index (χ4v) is 3.60. The summed E-state index contributed by atoms with van der Waals surface area (Å²) in [6.07, 6.45) is 3.75. The molecule has 7 nitrogen and oxygen atoms in total. The zero-order valence-electron chi connectivity index (χ0n) is 15.1. The molecule has 1 aromatic carbocycles. The van der Waals surface area contributed by atoms with Crippen molar-refractivity contribution in [2.75, 3.05) is 18.8 Å². The largest absolute Gasteiger partial charge is 0.437 e. The summed E-state index contributed by atoms with van der Waals surface area (Å²) in [4.78, 5) is 11.5. The molecule has 0 aliphatic carbocycles. The van der Waals surface area contributed by atoms with Gasteiger partial charge in [-0.3, -0.25) is 0 Å². The summed E-state index contributed by atoms with van der Waals surface area (Å²) < 4.78 is 2.03. The Morgan fingerprint density at radius 1 is 1.15 bits per heavy atom. The Kier molecular flexibility index (Phi) is 4.38. The molecule has 2 aromatic heterocycles. The Morgan fingerprint density at radius 2 is 1.85 bits per heavy atom. The van der Waals surface area contributed by atoms with E-state index in [2.05, 4.69) is 14.9 Å². The molecule has 0 saturated carbocycles. The average Bonchev–Trinajstić information content (AvgIpc) is 3.07. The number of nitrogens with zero attached hydrogens (tertiary/aromatic N) is 5. The first-order valence-electron chi connectivity index (χ1n) is 9.03. The smallest absolute Gasteiger partial charge is 0.376 e. The third kappa shape index (κ3) is 3.06. The van der Waals surface area contributed by atoms with Crippen LogP contribution in [0.5, 0.6) is 0 Å². The van der Waals surface area contributed by atoms with Gasteiger partial charge in [0.25, 0.3) is 0 Å². The summed E-state index contributed by atoms with van der Waals surface area (Å²) in [7, 11) is -0.396. The first-order valence-corrected chi connectivity index (χ1v) is 9.03. The number of benzene rings is 1. The van der Waals surface area contributed by atoms with Crippen LogP contribution in [0.1, 0.15) is 24.6 Å². The number of fused-ring (bicyclic) bond motifs is 1. The van der Waals surface area contributed by atoms with Gasteiger partial charge >= 0.3 is 7.05 Å². The molecule has 1 aliphatic heterocycles. The van der Waals surface area contributed by atoms with E-state index in [4.69, 9.17) is 10.7 Å². The van der Waals surface area contributed by atoms with Crippen LogP contribution >= 0.6 is 0 Å². The molecule has 4 rings (SSSR count). The molecule has 0 unspecified atom stereocenters. The molecule has 3 N–H and O–H groups in total. The third-order valence-electron chi connectivity index (χ3n) is 5.19. The van der Waals surface area contributed by atoms with Crippen molar-refractivity contribution in [3.8, 4) is 11.4 Å². The lowest BCUT2D eigenvalue weighted by Crippen LogP contribution is -2.43. The minimum atomic E-state index is -0.396. The van der Waals surface area contributed by atoms with E-state index in [1.165, 1.54) is 0 Å². The van der Waals surface area contributed by atoms with Crippen molar-refractivity contribution >= 4 is 23.8 Å². The highest BCUT2D eigenvalue weighted by atomic mass is 16.2. The lowest BCUT2D eigenvalue weighted by Gasteiger charge is -2.32. The van der Waals surface area contributed by atoms with Crippen LogP contribution < -0.4 is 5.73 Å². The van der Waals surface area contributed by atoms with E-state index in [-0.39, 0.29) is 6.04 Å². The molecule has 0 spiro atoms. The Morgan fingerprint density at radius 3 is 2.50 bits per heavy atom. The lowest BCUT2D eigenvalue weighted by molar-refractivity contribution is 0.244. The van der Waals surface area contributed by atoms with Crippen LogP contribution in [0.3, 0.4) is 0 Å². The summed E-state index contributed by atoms with van der Waals surface area (Å²) in [5.41, 5.74) is 9.26. The zero-order valence-corrected chi connectivity index (χ0v) is 15.1. The summed E-state index contributed by atoms with van der Waals surface area (Å²) >= 11 is 0. The fourth-order valence-electron chi connectivity index (χ4n) is 3.60. The van der Waals surface area contributed by atoms with Gasteiger partial charge in [-0.05, 0) is 63.9 Å². The quantitative estimate of drug-likeness (QED) is 0.555. The minimum Gasteiger partial charge on any atom is -0.437 e. The number of aryl methyl sites for hydroxylation is 1. The minimum absolute atomic E-state index is 0.288. The Bertz CT molecular complexity index is 915.